The van der Waals surface area contributed by atoms with Crippen LogP contribution in [0.2, 0.25) is 0 Å². The third-order valence-electron chi connectivity index (χ3n) is 12.0. The van der Waals surface area contributed by atoms with Crippen molar-refractivity contribution >= 4 is 23.6 Å². The number of nitrogens with two attached hydrogens (primary N) is 1. The SMILES string of the molecule is CC[C@H](C)[C@@H]([C@@H](CC(=O)N1CCC[C@H]1[C@H](OC)[C@@H](C)C(=O)N[C@H](CN)Cc1ccccc1)OC)N(C)[C@H](C(=O)NC(=O)[C@]1(C)CCCN1C)C(C)C. The van der Waals surface area contributed by atoms with E-state index >= 15 is 0 Å². The summed E-state index contributed by atoms with van der Waals surface area (Å²) in [4.78, 5) is 60.9. The Hall–Kier alpha value is -2.90. The van der Waals surface area contributed by atoms with E-state index in [1.165, 1.54) is 0 Å². The zero-order valence-corrected chi connectivity index (χ0v) is 33.5. The number of likely N-dealkylation sites (tertiary alicyclic amines) is 2. The van der Waals surface area contributed by atoms with Gasteiger partial charge in [-0.1, -0.05) is 71.4 Å². The van der Waals surface area contributed by atoms with Crippen LogP contribution in [0.15, 0.2) is 30.3 Å². The van der Waals surface area contributed by atoms with Crippen LogP contribution in [0.5, 0.6) is 0 Å². The second-order valence-corrected chi connectivity index (χ2v) is 15.7. The van der Waals surface area contributed by atoms with Gasteiger partial charge in [0.2, 0.25) is 23.6 Å². The van der Waals surface area contributed by atoms with Crippen LogP contribution >= 0.6 is 0 Å². The van der Waals surface area contributed by atoms with Gasteiger partial charge in [0, 0.05) is 39.4 Å². The first-order valence-electron chi connectivity index (χ1n) is 19.3. The molecule has 52 heavy (non-hydrogen) atoms. The summed E-state index contributed by atoms with van der Waals surface area (Å²) >= 11 is 0. The van der Waals surface area contributed by atoms with Crippen molar-refractivity contribution in [2.45, 2.75) is 128 Å². The first-order chi connectivity index (χ1) is 24.6. The number of likely N-dealkylation sites (N-methyl/N-ethyl adjacent to an activating group) is 2. The van der Waals surface area contributed by atoms with E-state index in [1.54, 1.807) is 14.2 Å². The molecule has 2 heterocycles. The number of amides is 4. The minimum Gasteiger partial charge on any atom is -0.379 e. The summed E-state index contributed by atoms with van der Waals surface area (Å²) < 4.78 is 12.1. The molecule has 2 saturated heterocycles. The van der Waals surface area contributed by atoms with Gasteiger partial charge in [0.05, 0.1) is 42.2 Å². The summed E-state index contributed by atoms with van der Waals surface area (Å²) in [5.74, 6) is -1.42. The number of nitrogens with zero attached hydrogens (tertiary/aromatic N) is 3. The van der Waals surface area contributed by atoms with Gasteiger partial charge in [0.25, 0.3) is 0 Å². The zero-order chi connectivity index (χ0) is 38.7. The Morgan fingerprint density at radius 2 is 1.69 bits per heavy atom. The highest BCUT2D eigenvalue weighted by Gasteiger charge is 2.45. The van der Waals surface area contributed by atoms with E-state index in [1.807, 2.05) is 86.8 Å². The van der Waals surface area contributed by atoms with Gasteiger partial charge in [0.15, 0.2) is 0 Å². The standard InChI is InChI=1S/C40H68N6O6/c1-11-27(4)35(45(8)34(26(2)3)38(49)43-39(50)40(6)20-16-21-44(40)7)32(51-9)24-33(47)46-22-15-19-31(46)36(52-10)28(5)37(48)42-30(25-41)23-29-17-13-12-14-18-29/h12-14,17-18,26-28,30-32,34-36H,11,15-16,19-25,41H2,1-10H3,(H,42,48)(H,43,49,50)/t27-,28+,30-,31-,32+,34-,35-,36+,40-/m0/s1. The van der Waals surface area contributed by atoms with E-state index in [2.05, 4.69) is 24.5 Å². The molecule has 3 rings (SSSR count). The van der Waals surface area contributed by atoms with Crippen molar-refractivity contribution in [3.8, 4) is 0 Å². The van der Waals surface area contributed by atoms with E-state index in [0.29, 0.717) is 25.9 Å². The molecule has 2 aliphatic heterocycles. The lowest BCUT2D eigenvalue weighted by Gasteiger charge is -2.43. The molecule has 2 aliphatic rings. The van der Waals surface area contributed by atoms with Gasteiger partial charge in [-0.25, -0.2) is 0 Å². The first-order valence-corrected chi connectivity index (χ1v) is 19.3. The van der Waals surface area contributed by atoms with E-state index in [-0.39, 0.29) is 60.0 Å². The topological polar surface area (TPSA) is 147 Å². The third kappa shape index (κ3) is 10.4. The number of imide groups is 1. The average molecular weight is 729 g/mol. The molecule has 0 spiro atoms. The van der Waals surface area contributed by atoms with Crippen molar-refractivity contribution in [3.63, 3.8) is 0 Å². The fourth-order valence-corrected chi connectivity index (χ4v) is 8.47. The van der Waals surface area contributed by atoms with Crippen LogP contribution in [-0.2, 0) is 35.1 Å². The Labute approximate surface area is 312 Å². The van der Waals surface area contributed by atoms with E-state index in [9.17, 15) is 19.2 Å². The maximum Gasteiger partial charge on any atom is 0.246 e. The van der Waals surface area contributed by atoms with Crippen LogP contribution in [0.3, 0.4) is 0 Å². The Morgan fingerprint density at radius 3 is 2.23 bits per heavy atom. The normalized spacial score (nSPS) is 23.6. The average Bonchev–Trinajstić information content (AvgIpc) is 3.74. The van der Waals surface area contributed by atoms with Gasteiger partial charge >= 0.3 is 0 Å². The molecule has 1 aromatic rings. The molecule has 2 fully saturated rings. The van der Waals surface area contributed by atoms with Crippen molar-refractivity contribution in [1.29, 1.82) is 0 Å². The number of carbonyl (C=O) groups is 4. The molecule has 0 radical (unpaired) electrons. The molecule has 0 bridgehead atoms. The van der Waals surface area contributed by atoms with E-state index < -0.39 is 29.7 Å². The van der Waals surface area contributed by atoms with Crippen molar-refractivity contribution in [2.24, 2.45) is 23.5 Å². The molecule has 12 heteroatoms. The van der Waals surface area contributed by atoms with Gasteiger partial charge < -0.3 is 25.4 Å². The monoisotopic (exact) mass is 729 g/mol. The van der Waals surface area contributed by atoms with Crippen LogP contribution < -0.4 is 16.4 Å². The van der Waals surface area contributed by atoms with Gasteiger partial charge in [-0.2, -0.15) is 0 Å². The zero-order valence-electron chi connectivity index (χ0n) is 33.5. The molecule has 0 aromatic heterocycles. The van der Waals surface area contributed by atoms with E-state index in [4.69, 9.17) is 15.2 Å². The number of rotatable bonds is 19. The smallest absolute Gasteiger partial charge is 0.246 e. The number of methoxy groups -OCH3 is 2. The molecule has 4 amide bonds. The fourth-order valence-electron chi connectivity index (χ4n) is 8.47. The van der Waals surface area contributed by atoms with Gasteiger partial charge in [-0.05, 0) is 77.1 Å². The molecule has 294 valence electrons. The lowest BCUT2D eigenvalue weighted by molar-refractivity contribution is -0.144. The van der Waals surface area contributed by atoms with Crippen LogP contribution in [0.1, 0.15) is 85.6 Å². The Bertz CT molecular complexity index is 1310. The van der Waals surface area contributed by atoms with Crippen molar-refractivity contribution in [3.05, 3.63) is 35.9 Å². The summed E-state index contributed by atoms with van der Waals surface area (Å²) in [7, 11) is 7.03. The minimum atomic E-state index is -0.730. The maximum atomic E-state index is 14.2. The van der Waals surface area contributed by atoms with Crippen molar-refractivity contribution in [2.75, 3.05) is 47.9 Å². The molecule has 0 saturated carbocycles. The molecule has 0 aliphatic carbocycles. The summed E-state index contributed by atoms with van der Waals surface area (Å²) in [5, 5.41) is 5.87. The van der Waals surface area contributed by atoms with Crippen molar-refractivity contribution in [1.82, 2.24) is 25.3 Å². The molecule has 12 nitrogen and oxygen atoms in total. The number of hydrogen-bond acceptors (Lipinski definition) is 9. The van der Waals surface area contributed by atoms with Crippen LogP contribution in [-0.4, -0.2) is 128 Å². The van der Waals surface area contributed by atoms with Crippen LogP contribution in [0, 0.1) is 17.8 Å². The van der Waals surface area contributed by atoms with E-state index in [0.717, 1.165) is 37.8 Å². The quantitative estimate of drug-likeness (QED) is 0.196. The Morgan fingerprint density at radius 1 is 1.02 bits per heavy atom. The molecule has 1 aromatic carbocycles. The largest absolute Gasteiger partial charge is 0.379 e. The summed E-state index contributed by atoms with van der Waals surface area (Å²) in [5.41, 5.74) is 6.42. The van der Waals surface area contributed by atoms with Crippen LogP contribution in [0.4, 0.5) is 0 Å². The molecule has 4 N–H and O–H groups in total. The highest BCUT2D eigenvalue weighted by atomic mass is 16.5. The number of ether oxygens (including phenoxy) is 2. The molecular weight excluding hydrogens is 660 g/mol. The summed E-state index contributed by atoms with van der Waals surface area (Å²) in [6.07, 6.45) is 3.61. The minimum absolute atomic E-state index is 0.0715. The molecular formula is C40H68N6O6. The van der Waals surface area contributed by atoms with Gasteiger partial charge in [-0.3, -0.25) is 34.3 Å². The first kappa shape index (κ1) is 43.5. The Balaban J connectivity index is 1.76. The van der Waals surface area contributed by atoms with Gasteiger partial charge in [-0.15, -0.1) is 0 Å². The lowest BCUT2D eigenvalue weighted by Crippen LogP contribution is -2.61. The number of nitrogens with one attached hydrogen (secondary N) is 2. The highest BCUT2D eigenvalue weighted by molar-refractivity contribution is 6.02. The predicted octanol–water partition coefficient (Wildman–Crippen LogP) is 3.22. The highest BCUT2D eigenvalue weighted by Crippen LogP contribution is 2.31. The fraction of sp³-hybridized carbons (Fsp3) is 0.750. The second-order valence-electron chi connectivity index (χ2n) is 15.7. The third-order valence-corrected chi connectivity index (χ3v) is 12.0. The maximum absolute atomic E-state index is 14.2. The summed E-state index contributed by atoms with van der Waals surface area (Å²) in [6.45, 7) is 13.6. The number of carbonyl (C=O) groups excluding carboxylic acids is 4. The number of hydrogen-bond donors (Lipinski definition) is 3. The lowest BCUT2D eigenvalue weighted by atomic mass is 9.87. The predicted molar refractivity (Wildman–Crippen MR) is 204 cm³/mol. The Kier molecular flexibility index (Phi) is 16.7. The number of benzene rings is 1. The van der Waals surface area contributed by atoms with Crippen LogP contribution in [0.25, 0.3) is 0 Å². The second kappa shape index (κ2) is 20.0. The van der Waals surface area contributed by atoms with Crippen molar-refractivity contribution < 1.29 is 28.7 Å². The molecule has 0 unspecified atom stereocenters. The van der Waals surface area contributed by atoms with Gasteiger partial charge in [0.1, 0.15) is 0 Å². The summed E-state index contributed by atoms with van der Waals surface area (Å²) in [6, 6.07) is 8.51. The molecule has 9 atom stereocenters.